The van der Waals surface area contributed by atoms with E-state index in [1.165, 1.54) is 6.07 Å². The summed E-state index contributed by atoms with van der Waals surface area (Å²) in [5.74, 6) is -0.202. The van der Waals surface area contributed by atoms with Crippen molar-refractivity contribution in [3.05, 3.63) is 35.6 Å². The highest BCUT2D eigenvalue weighted by atomic mass is 19.1. The average molecular weight is 209 g/mol. The summed E-state index contributed by atoms with van der Waals surface area (Å²) >= 11 is 0. The molecular weight excluding hydrogens is 189 g/mol. The van der Waals surface area contributed by atoms with E-state index in [1.54, 1.807) is 12.1 Å². The molecule has 0 spiro atoms. The van der Waals surface area contributed by atoms with Crippen molar-refractivity contribution in [2.24, 2.45) is 5.73 Å². The van der Waals surface area contributed by atoms with Crippen LogP contribution in [-0.4, -0.2) is 0 Å². The van der Waals surface area contributed by atoms with Crippen LogP contribution in [0.4, 0.5) is 4.39 Å². The molecule has 1 rings (SSSR count). The van der Waals surface area contributed by atoms with Gasteiger partial charge in [-0.3, -0.25) is 0 Å². The summed E-state index contributed by atoms with van der Waals surface area (Å²) in [6.07, 6.45) is 3.97. The molecule has 1 atom stereocenters. The maximum atomic E-state index is 13.1. The number of benzene rings is 1. The Kier molecular flexibility index (Phi) is 4.28. The van der Waals surface area contributed by atoms with Crippen LogP contribution in [0.5, 0.6) is 0 Å². The number of nitrogens with two attached hydrogens (primary N) is 1. The second kappa shape index (κ2) is 5.26. The molecule has 0 fully saturated rings. The van der Waals surface area contributed by atoms with Crippen LogP contribution < -0.4 is 5.73 Å². The largest absolute Gasteiger partial charge is 0.321 e. The van der Waals surface area contributed by atoms with E-state index in [-0.39, 0.29) is 11.4 Å². The summed E-state index contributed by atoms with van der Waals surface area (Å²) in [5.41, 5.74) is 6.86. The fourth-order valence-corrected chi connectivity index (χ4v) is 1.82. The van der Waals surface area contributed by atoms with Crippen molar-refractivity contribution in [2.45, 2.75) is 45.1 Å². The van der Waals surface area contributed by atoms with Crippen LogP contribution >= 0.6 is 0 Å². The summed E-state index contributed by atoms with van der Waals surface area (Å²) in [6.45, 7) is 4.20. The second-order valence-corrected chi connectivity index (χ2v) is 4.12. The molecule has 0 aliphatic carbocycles. The van der Waals surface area contributed by atoms with Crippen molar-refractivity contribution in [3.63, 3.8) is 0 Å². The molecule has 1 aromatic rings. The standard InChI is InChI=1S/C13H20FN/c1-3-5-9-13(15,4-2)11-7-6-8-12(14)10-11/h6-8,10H,3-5,9,15H2,1-2H3. The number of halogens is 1. The Hall–Kier alpha value is -0.890. The van der Waals surface area contributed by atoms with Crippen LogP contribution in [0.25, 0.3) is 0 Å². The Morgan fingerprint density at radius 3 is 2.60 bits per heavy atom. The third-order valence-corrected chi connectivity index (χ3v) is 3.01. The third-order valence-electron chi connectivity index (χ3n) is 3.01. The van der Waals surface area contributed by atoms with Crippen molar-refractivity contribution in [1.29, 1.82) is 0 Å². The number of hydrogen-bond acceptors (Lipinski definition) is 1. The van der Waals surface area contributed by atoms with Gasteiger partial charge in [0.25, 0.3) is 0 Å². The van der Waals surface area contributed by atoms with Crippen LogP contribution in [0, 0.1) is 5.82 Å². The summed E-state index contributed by atoms with van der Waals surface area (Å²) in [4.78, 5) is 0. The Bertz CT molecular complexity index is 311. The van der Waals surface area contributed by atoms with Gasteiger partial charge in [-0.1, -0.05) is 38.8 Å². The molecule has 1 aromatic carbocycles. The van der Waals surface area contributed by atoms with Crippen LogP contribution in [0.2, 0.25) is 0 Å². The molecule has 0 aliphatic rings. The van der Waals surface area contributed by atoms with Crippen molar-refractivity contribution in [2.75, 3.05) is 0 Å². The molecule has 15 heavy (non-hydrogen) atoms. The minimum absolute atomic E-state index is 0.202. The zero-order valence-corrected chi connectivity index (χ0v) is 9.59. The smallest absolute Gasteiger partial charge is 0.123 e. The van der Waals surface area contributed by atoms with Gasteiger partial charge in [-0.2, -0.15) is 0 Å². The van der Waals surface area contributed by atoms with Crippen LogP contribution in [0.15, 0.2) is 24.3 Å². The fraction of sp³-hybridized carbons (Fsp3) is 0.538. The Morgan fingerprint density at radius 2 is 2.07 bits per heavy atom. The molecule has 0 saturated carbocycles. The van der Waals surface area contributed by atoms with Gasteiger partial charge >= 0.3 is 0 Å². The normalized spacial score (nSPS) is 14.9. The summed E-state index contributed by atoms with van der Waals surface area (Å²) < 4.78 is 13.1. The van der Waals surface area contributed by atoms with Gasteiger partial charge in [0.05, 0.1) is 0 Å². The van der Waals surface area contributed by atoms with E-state index < -0.39 is 0 Å². The molecular formula is C13H20FN. The predicted octanol–water partition coefficient (Wildman–Crippen LogP) is 3.58. The van der Waals surface area contributed by atoms with E-state index in [1.807, 2.05) is 6.07 Å². The first-order chi connectivity index (χ1) is 7.12. The van der Waals surface area contributed by atoms with Crippen LogP contribution in [0.1, 0.15) is 45.1 Å². The monoisotopic (exact) mass is 209 g/mol. The van der Waals surface area contributed by atoms with Gasteiger partial charge in [-0.05, 0) is 30.5 Å². The quantitative estimate of drug-likeness (QED) is 0.788. The van der Waals surface area contributed by atoms with E-state index >= 15 is 0 Å². The van der Waals surface area contributed by atoms with Gasteiger partial charge in [0.15, 0.2) is 0 Å². The first-order valence-corrected chi connectivity index (χ1v) is 5.67. The van der Waals surface area contributed by atoms with Gasteiger partial charge in [0.2, 0.25) is 0 Å². The summed E-state index contributed by atoms with van der Waals surface area (Å²) in [5, 5.41) is 0. The highest BCUT2D eigenvalue weighted by Gasteiger charge is 2.24. The van der Waals surface area contributed by atoms with Crippen LogP contribution in [0.3, 0.4) is 0 Å². The number of rotatable bonds is 5. The van der Waals surface area contributed by atoms with E-state index in [9.17, 15) is 4.39 Å². The minimum atomic E-state index is -0.363. The van der Waals surface area contributed by atoms with Gasteiger partial charge in [0, 0.05) is 5.54 Å². The molecule has 0 bridgehead atoms. The highest BCUT2D eigenvalue weighted by Crippen LogP contribution is 2.28. The van der Waals surface area contributed by atoms with E-state index in [4.69, 9.17) is 5.73 Å². The topological polar surface area (TPSA) is 26.0 Å². The SMILES string of the molecule is CCCCC(N)(CC)c1cccc(F)c1. The molecule has 1 unspecified atom stereocenters. The first-order valence-electron chi connectivity index (χ1n) is 5.67. The minimum Gasteiger partial charge on any atom is -0.321 e. The van der Waals surface area contributed by atoms with Crippen molar-refractivity contribution in [1.82, 2.24) is 0 Å². The molecule has 0 amide bonds. The van der Waals surface area contributed by atoms with Crippen molar-refractivity contribution in [3.8, 4) is 0 Å². The zero-order valence-electron chi connectivity index (χ0n) is 9.59. The van der Waals surface area contributed by atoms with Gasteiger partial charge in [-0.15, -0.1) is 0 Å². The zero-order chi connectivity index (χ0) is 11.3. The summed E-state index contributed by atoms with van der Waals surface area (Å²) in [6, 6.07) is 6.66. The van der Waals surface area contributed by atoms with Crippen LogP contribution in [-0.2, 0) is 5.54 Å². The Morgan fingerprint density at radius 1 is 1.33 bits per heavy atom. The predicted molar refractivity (Wildman–Crippen MR) is 62.1 cm³/mol. The summed E-state index contributed by atoms with van der Waals surface area (Å²) in [7, 11) is 0. The fourth-order valence-electron chi connectivity index (χ4n) is 1.82. The van der Waals surface area contributed by atoms with Gasteiger partial charge in [0.1, 0.15) is 5.82 Å². The number of hydrogen-bond donors (Lipinski definition) is 1. The van der Waals surface area contributed by atoms with Gasteiger partial charge in [-0.25, -0.2) is 4.39 Å². The highest BCUT2D eigenvalue weighted by molar-refractivity contribution is 5.24. The molecule has 2 heteroatoms. The lowest BCUT2D eigenvalue weighted by molar-refractivity contribution is 0.378. The molecule has 1 nitrogen and oxygen atoms in total. The van der Waals surface area contributed by atoms with E-state index in [0.29, 0.717) is 0 Å². The lowest BCUT2D eigenvalue weighted by atomic mass is 9.84. The molecule has 0 heterocycles. The average Bonchev–Trinajstić information content (AvgIpc) is 2.26. The molecule has 0 aromatic heterocycles. The molecule has 0 aliphatic heterocycles. The van der Waals surface area contributed by atoms with Crippen molar-refractivity contribution >= 4 is 0 Å². The van der Waals surface area contributed by atoms with Crippen molar-refractivity contribution < 1.29 is 4.39 Å². The maximum Gasteiger partial charge on any atom is 0.123 e. The third kappa shape index (κ3) is 3.03. The van der Waals surface area contributed by atoms with Gasteiger partial charge < -0.3 is 5.73 Å². The Labute approximate surface area is 91.5 Å². The number of unbranched alkanes of at least 4 members (excludes halogenated alkanes) is 1. The molecule has 2 N–H and O–H groups in total. The van der Waals surface area contributed by atoms with E-state index in [2.05, 4.69) is 13.8 Å². The lowest BCUT2D eigenvalue weighted by Gasteiger charge is -2.28. The Balaban J connectivity index is 2.89. The first kappa shape index (κ1) is 12.2. The molecule has 0 saturated heterocycles. The lowest BCUT2D eigenvalue weighted by Crippen LogP contribution is -2.35. The van der Waals surface area contributed by atoms with E-state index in [0.717, 1.165) is 31.2 Å². The second-order valence-electron chi connectivity index (χ2n) is 4.12. The molecule has 84 valence electrons. The molecule has 0 radical (unpaired) electrons. The maximum absolute atomic E-state index is 13.1.